The number of aliphatic hydroxyl groups excluding tert-OH is 1. The Morgan fingerprint density at radius 2 is 2.12 bits per heavy atom. The molecule has 0 saturated heterocycles. The zero-order valence-electron chi connectivity index (χ0n) is 4.67. The van der Waals surface area contributed by atoms with Crippen molar-refractivity contribution in [1.29, 1.82) is 0 Å². The van der Waals surface area contributed by atoms with Crippen LogP contribution in [0, 0.1) is 0 Å². The van der Waals surface area contributed by atoms with Gasteiger partial charge in [-0.1, -0.05) is 0 Å². The Morgan fingerprint density at radius 1 is 1.38 bits per heavy atom. The number of aliphatic hydroxyl groups is 1. The van der Waals surface area contributed by atoms with Crippen LogP contribution < -0.4 is 5.73 Å². The topological polar surface area (TPSA) is 64.7 Å². The fourth-order valence-electron chi connectivity index (χ4n) is 0.231. The summed E-state index contributed by atoms with van der Waals surface area (Å²) in [5, 5.41) is 8.20. The maximum absolute atomic E-state index is 8.20. The van der Waals surface area contributed by atoms with Gasteiger partial charge in [-0.3, -0.25) is 0 Å². The second kappa shape index (κ2) is 6.84. The van der Waals surface area contributed by atoms with Gasteiger partial charge in [-0.25, -0.2) is 9.78 Å². The minimum atomic E-state index is 0.0609. The van der Waals surface area contributed by atoms with Crippen molar-refractivity contribution in [2.75, 3.05) is 19.9 Å². The lowest BCUT2D eigenvalue weighted by molar-refractivity contribution is -0.294. The lowest BCUT2D eigenvalue weighted by Crippen LogP contribution is -2.06. The molecule has 0 radical (unpaired) electrons. The van der Waals surface area contributed by atoms with Gasteiger partial charge in [-0.05, 0) is 6.42 Å². The Hall–Kier alpha value is -0.160. The third-order valence-electron chi connectivity index (χ3n) is 0.537. The van der Waals surface area contributed by atoms with Gasteiger partial charge in [-0.15, -0.1) is 0 Å². The normalized spacial score (nSPS) is 9.75. The Bertz CT molecular complexity index is 36.3. The molecule has 4 nitrogen and oxygen atoms in total. The number of rotatable bonds is 5. The fraction of sp³-hybridized carbons (Fsp3) is 1.00. The number of hydrogen-bond donors (Lipinski definition) is 2. The van der Waals surface area contributed by atoms with Crippen molar-refractivity contribution in [3.63, 3.8) is 0 Å². The highest BCUT2D eigenvalue weighted by molar-refractivity contribution is 4.24. The molecule has 0 spiro atoms. The van der Waals surface area contributed by atoms with Gasteiger partial charge in [-0.2, -0.15) is 0 Å². The summed E-state index contributed by atoms with van der Waals surface area (Å²) in [5.74, 6) is 0. The molecule has 4 heteroatoms. The van der Waals surface area contributed by atoms with Crippen LogP contribution in [-0.4, -0.2) is 25.1 Å². The van der Waals surface area contributed by atoms with E-state index in [0.717, 1.165) is 0 Å². The Labute approximate surface area is 48.1 Å². The molecule has 0 atom stereocenters. The Kier molecular flexibility index (Phi) is 6.70. The summed E-state index contributed by atoms with van der Waals surface area (Å²) >= 11 is 0. The van der Waals surface area contributed by atoms with Gasteiger partial charge >= 0.3 is 0 Å². The Balaban J connectivity index is 2.53. The minimum Gasteiger partial charge on any atom is -0.396 e. The highest BCUT2D eigenvalue weighted by Gasteiger charge is 1.83. The van der Waals surface area contributed by atoms with E-state index in [2.05, 4.69) is 9.78 Å². The van der Waals surface area contributed by atoms with Gasteiger partial charge in [0.2, 0.25) is 0 Å². The predicted octanol–water partition coefficient (Wildman–Crippen LogP) is -0.767. The van der Waals surface area contributed by atoms with Crippen LogP contribution in [-0.2, 0) is 9.78 Å². The van der Waals surface area contributed by atoms with Crippen LogP contribution in [0.15, 0.2) is 0 Å². The molecule has 0 aromatic carbocycles. The van der Waals surface area contributed by atoms with Gasteiger partial charge < -0.3 is 10.8 Å². The van der Waals surface area contributed by atoms with Crippen LogP contribution in [0.2, 0.25) is 0 Å². The smallest absolute Gasteiger partial charge is 0.130 e. The van der Waals surface area contributed by atoms with Crippen molar-refractivity contribution in [3.8, 4) is 0 Å². The van der Waals surface area contributed by atoms with Crippen LogP contribution >= 0.6 is 0 Å². The van der Waals surface area contributed by atoms with Crippen molar-refractivity contribution in [2.24, 2.45) is 5.73 Å². The molecule has 0 unspecified atom stereocenters. The summed E-state index contributed by atoms with van der Waals surface area (Å²) < 4.78 is 0. The van der Waals surface area contributed by atoms with Gasteiger partial charge in [0.15, 0.2) is 0 Å². The van der Waals surface area contributed by atoms with E-state index < -0.39 is 0 Å². The second-order valence-electron chi connectivity index (χ2n) is 1.18. The van der Waals surface area contributed by atoms with Crippen LogP contribution in [0.4, 0.5) is 0 Å². The summed E-state index contributed by atoms with van der Waals surface area (Å²) in [6, 6.07) is 0. The molecule has 0 aliphatic carbocycles. The van der Waals surface area contributed by atoms with Crippen LogP contribution in [0.5, 0.6) is 0 Å². The molecular weight excluding hydrogens is 110 g/mol. The van der Waals surface area contributed by atoms with Crippen LogP contribution in [0.3, 0.4) is 0 Å². The van der Waals surface area contributed by atoms with E-state index in [1.807, 2.05) is 0 Å². The molecule has 3 N–H and O–H groups in total. The lowest BCUT2D eigenvalue weighted by atomic mass is 10.5. The van der Waals surface area contributed by atoms with E-state index in [1.165, 1.54) is 0 Å². The standard InChI is InChI=1S/C4H11NO3/c5-4-8-7-3-1-2-6/h6H,1-5H2. The van der Waals surface area contributed by atoms with E-state index in [9.17, 15) is 0 Å². The molecule has 50 valence electrons. The molecule has 0 aliphatic heterocycles. The average molecular weight is 121 g/mol. The predicted molar refractivity (Wildman–Crippen MR) is 27.8 cm³/mol. The van der Waals surface area contributed by atoms with Crippen LogP contribution in [0.25, 0.3) is 0 Å². The summed E-state index contributed by atoms with van der Waals surface area (Å²) in [6.07, 6.45) is 0.583. The highest BCUT2D eigenvalue weighted by atomic mass is 17.2. The van der Waals surface area contributed by atoms with Gasteiger partial charge in [0.25, 0.3) is 0 Å². The number of nitrogens with two attached hydrogens (primary N) is 1. The molecule has 0 fully saturated rings. The fourth-order valence-corrected chi connectivity index (χ4v) is 0.231. The third kappa shape index (κ3) is 5.84. The zero-order valence-corrected chi connectivity index (χ0v) is 4.67. The first-order valence-corrected chi connectivity index (χ1v) is 2.47. The molecule has 0 heterocycles. The van der Waals surface area contributed by atoms with Crippen LogP contribution in [0.1, 0.15) is 6.42 Å². The molecule has 0 amide bonds. The maximum atomic E-state index is 8.20. The molecule has 0 bridgehead atoms. The van der Waals surface area contributed by atoms with E-state index in [1.54, 1.807) is 0 Å². The third-order valence-corrected chi connectivity index (χ3v) is 0.537. The van der Waals surface area contributed by atoms with Crippen molar-refractivity contribution in [3.05, 3.63) is 0 Å². The molecule has 8 heavy (non-hydrogen) atoms. The summed E-state index contributed by atoms with van der Waals surface area (Å²) in [7, 11) is 0. The lowest BCUT2D eigenvalue weighted by Gasteiger charge is -1.97. The first-order chi connectivity index (χ1) is 3.91. The monoisotopic (exact) mass is 121 g/mol. The van der Waals surface area contributed by atoms with Crippen molar-refractivity contribution in [2.45, 2.75) is 6.42 Å². The van der Waals surface area contributed by atoms with Crippen molar-refractivity contribution >= 4 is 0 Å². The van der Waals surface area contributed by atoms with Gasteiger partial charge in [0.05, 0.1) is 6.61 Å². The molecule has 0 aromatic heterocycles. The van der Waals surface area contributed by atoms with Crippen molar-refractivity contribution < 1.29 is 14.9 Å². The zero-order chi connectivity index (χ0) is 6.24. The van der Waals surface area contributed by atoms with Crippen molar-refractivity contribution in [1.82, 2.24) is 0 Å². The maximum Gasteiger partial charge on any atom is 0.130 e. The minimum absolute atomic E-state index is 0.0609. The number of hydrogen-bond acceptors (Lipinski definition) is 4. The molecule has 0 aromatic rings. The first-order valence-electron chi connectivity index (χ1n) is 2.47. The summed E-state index contributed by atoms with van der Waals surface area (Å²) in [4.78, 5) is 8.74. The van der Waals surface area contributed by atoms with Gasteiger partial charge in [0, 0.05) is 6.61 Å². The summed E-state index contributed by atoms with van der Waals surface area (Å²) in [6.45, 7) is 0.576. The highest BCUT2D eigenvalue weighted by Crippen LogP contribution is 1.79. The molecule has 0 aliphatic rings. The van der Waals surface area contributed by atoms with E-state index >= 15 is 0 Å². The van der Waals surface area contributed by atoms with Gasteiger partial charge in [0.1, 0.15) is 6.73 Å². The first kappa shape index (κ1) is 7.84. The second-order valence-corrected chi connectivity index (χ2v) is 1.18. The quantitative estimate of drug-likeness (QED) is 0.217. The SMILES string of the molecule is NCOOCCCO. The summed E-state index contributed by atoms with van der Waals surface area (Å²) in [5.41, 5.74) is 4.90. The Morgan fingerprint density at radius 3 is 2.62 bits per heavy atom. The molecular formula is C4H11NO3. The van der Waals surface area contributed by atoms with E-state index in [0.29, 0.717) is 13.0 Å². The molecule has 0 rings (SSSR count). The van der Waals surface area contributed by atoms with E-state index in [4.69, 9.17) is 10.8 Å². The average Bonchev–Trinajstić information content (AvgIpc) is 1.81. The molecule has 0 saturated carbocycles. The van der Waals surface area contributed by atoms with E-state index in [-0.39, 0.29) is 13.3 Å². The largest absolute Gasteiger partial charge is 0.396 e.